The summed E-state index contributed by atoms with van der Waals surface area (Å²) < 4.78 is 6.79. The highest BCUT2D eigenvalue weighted by molar-refractivity contribution is 6.20. The molecule has 1 aliphatic heterocycles. The van der Waals surface area contributed by atoms with Crippen molar-refractivity contribution >= 4 is 11.6 Å². The zero-order valence-electron chi connectivity index (χ0n) is 7.80. The van der Waals surface area contributed by atoms with Gasteiger partial charge in [-0.1, -0.05) is 5.21 Å². The molecular formula is C8H12ClN3O2. The second kappa shape index (κ2) is 3.84. The Morgan fingerprint density at radius 2 is 2.50 bits per heavy atom. The maximum absolute atomic E-state index is 9.61. The lowest BCUT2D eigenvalue weighted by Crippen LogP contribution is -2.24. The molecule has 3 atom stereocenters. The Bertz CT molecular complexity index is 315. The molecule has 0 aliphatic carbocycles. The molecule has 1 aromatic rings. The van der Waals surface area contributed by atoms with Gasteiger partial charge < -0.3 is 9.84 Å². The standard InChI is InChI=1S/C8H12ClN3O2/c1-5(9)6-2-10-11-12(6)7-3-14-4-8(7)13/h2,5,7-8,13H,3-4H2,1H3. The monoisotopic (exact) mass is 217 g/mol. The second-order valence-corrected chi connectivity index (χ2v) is 4.05. The summed E-state index contributed by atoms with van der Waals surface area (Å²) in [5.41, 5.74) is 0.807. The summed E-state index contributed by atoms with van der Waals surface area (Å²) in [6, 6.07) is -0.159. The fourth-order valence-electron chi connectivity index (χ4n) is 1.56. The van der Waals surface area contributed by atoms with E-state index in [-0.39, 0.29) is 11.4 Å². The summed E-state index contributed by atoms with van der Waals surface area (Å²) >= 11 is 5.95. The van der Waals surface area contributed by atoms with Crippen LogP contribution < -0.4 is 0 Å². The highest BCUT2D eigenvalue weighted by Gasteiger charge is 2.30. The molecule has 0 aromatic carbocycles. The minimum Gasteiger partial charge on any atom is -0.388 e. The maximum Gasteiger partial charge on any atom is 0.105 e. The van der Waals surface area contributed by atoms with E-state index in [4.69, 9.17) is 16.3 Å². The fraction of sp³-hybridized carbons (Fsp3) is 0.750. The number of aliphatic hydroxyl groups excluding tert-OH is 1. The average Bonchev–Trinajstić information content (AvgIpc) is 2.70. The van der Waals surface area contributed by atoms with Crippen LogP contribution >= 0.6 is 11.6 Å². The van der Waals surface area contributed by atoms with Crippen LogP contribution in [0.15, 0.2) is 6.20 Å². The van der Waals surface area contributed by atoms with E-state index in [9.17, 15) is 5.11 Å². The van der Waals surface area contributed by atoms with Crippen molar-refractivity contribution in [2.45, 2.75) is 24.4 Å². The number of aromatic nitrogens is 3. The van der Waals surface area contributed by atoms with E-state index < -0.39 is 6.10 Å². The van der Waals surface area contributed by atoms with Gasteiger partial charge in [0.1, 0.15) is 12.1 Å². The summed E-state index contributed by atoms with van der Waals surface area (Å²) in [6.07, 6.45) is 1.09. The SMILES string of the molecule is CC(Cl)c1cnnn1C1COCC1O. The summed E-state index contributed by atoms with van der Waals surface area (Å²) in [7, 11) is 0. The molecule has 0 amide bonds. The first kappa shape index (κ1) is 9.89. The third-order valence-corrected chi connectivity index (χ3v) is 2.57. The van der Waals surface area contributed by atoms with Crippen molar-refractivity contribution in [1.82, 2.24) is 15.0 Å². The highest BCUT2D eigenvalue weighted by Crippen LogP contribution is 2.25. The zero-order chi connectivity index (χ0) is 10.1. The Morgan fingerprint density at radius 1 is 1.71 bits per heavy atom. The van der Waals surface area contributed by atoms with Gasteiger partial charge in [-0.15, -0.1) is 16.7 Å². The van der Waals surface area contributed by atoms with Crippen LogP contribution in [0.4, 0.5) is 0 Å². The van der Waals surface area contributed by atoms with Crippen LogP contribution in [-0.4, -0.2) is 39.4 Å². The second-order valence-electron chi connectivity index (χ2n) is 3.39. The molecule has 2 rings (SSSR count). The van der Waals surface area contributed by atoms with Gasteiger partial charge in [-0.3, -0.25) is 0 Å². The first-order valence-electron chi connectivity index (χ1n) is 4.50. The fourth-order valence-corrected chi connectivity index (χ4v) is 1.72. The van der Waals surface area contributed by atoms with E-state index in [1.807, 2.05) is 6.92 Å². The number of hydrogen-bond donors (Lipinski definition) is 1. The first-order chi connectivity index (χ1) is 6.70. The van der Waals surface area contributed by atoms with E-state index in [2.05, 4.69) is 10.3 Å². The largest absolute Gasteiger partial charge is 0.388 e. The highest BCUT2D eigenvalue weighted by atomic mass is 35.5. The molecule has 0 bridgehead atoms. The van der Waals surface area contributed by atoms with Gasteiger partial charge >= 0.3 is 0 Å². The van der Waals surface area contributed by atoms with E-state index in [1.165, 1.54) is 0 Å². The van der Waals surface area contributed by atoms with Gasteiger partial charge in [0.25, 0.3) is 0 Å². The number of alkyl halides is 1. The third kappa shape index (κ3) is 1.63. The third-order valence-electron chi connectivity index (χ3n) is 2.35. The van der Waals surface area contributed by atoms with Gasteiger partial charge in [0, 0.05) is 0 Å². The van der Waals surface area contributed by atoms with Crippen molar-refractivity contribution in [3.63, 3.8) is 0 Å². The number of ether oxygens (including phenoxy) is 1. The number of halogens is 1. The molecule has 1 N–H and O–H groups in total. The number of aliphatic hydroxyl groups is 1. The lowest BCUT2D eigenvalue weighted by Gasteiger charge is -2.15. The lowest BCUT2D eigenvalue weighted by atomic mass is 10.2. The van der Waals surface area contributed by atoms with Crippen molar-refractivity contribution in [2.24, 2.45) is 0 Å². The molecule has 78 valence electrons. The van der Waals surface area contributed by atoms with Gasteiger partial charge in [0.05, 0.1) is 30.5 Å². The van der Waals surface area contributed by atoms with Crippen LogP contribution in [-0.2, 0) is 4.74 Å². The molecule has 1 fully saturated rings. The molecule has 2 heterocycles. The minimum absolute atomic E-state index is 0.159. The van der Waals surface area contributed by atoms with Crippen LogP contribution in [0.25, 0.3) is 0 Å². The van der Waals surface area contributed by atoms with Crippen LogP contribution in [0.5, 0.6) is 0 Å². The Balaban J connectivity index is 2.26. The molecule has 0 spiro atoms. The van der Waals surface area contributed by atoms with Crippen LogP contribution in [0.2, 0.25) is 0 Å². The molecule has 5 nitrogen and oxygen atoms in total. The molecule has 1 aliphatic rings. The normalized spacial score (nSPS) is 29.4. The molecule has 3 unspecified atom stereocenters. The van der Waals surface area contributed by atoms with Crippen LogP contribution in [0.3, 0.4) is 0 Å². The van der Waals surface area contributed by atoms with Crippen molar-refractivity contribution in [3.05, 3.63) is 11.9 Å². The summed E-state index contributed by atoms with van der Waals surface area (Å²) in [4.78, 5) is 0. The predicted molar refractivity (Wildman–Crippen MR) is 50.2 cm³/mol. The molecular weight excluding hydrogens is 206 g/mol. The first-order valence-corrected chi connectivity index (χ1v) is 4.93. The zero-order valence-corrected chi connectivity index (χ0v) is 8.55. The molecule has 14 heavy (non-hydrogen) atoms. The quantitative estimate of drug-likeness (QED) is 0.734. The number of hydrogen-bond acceptors (Lipinski definition) is 4. The van der Waals surface area contributed by atoms with Gasteiger partial charge in [-0.25, -0.2) is 4.68 Å². The summed E-state index contributed by atoms with van der Waals surface area (Å²) in [5, 5.41) is 17.1. The minimum atomic E-state index is -0.522. The Kier molecular flexibility index (Phi) is 2.71. The maximum atomic E-state index is 9.61. The molecule has 0 saturated carbocycles. The van der Waals surface area contributed by atoms with E-state index in [0.717, 1.165) is 5.69 Å². The van der Waals surface area contributed by atoms with E-state index in [1.54, 1.807) is 10.9 Å². The molecule has 0 radical (unpaired) electrons. The van der Waals surface area contributed by atoms with E-state index in [0.29, 0.717) is 13.2 Å². The lowest BCUT2D eigenvalue weighted by molar-refractivity contribution is 0.117. The van der Waals surface area contributed by atoms with Crippen molar-refractivity contribution in [3.8, 4) is 0 Å². The van der Waals surface area contributed by atoms with Crippen molar-refractivity contribution in [2.75, 3.05) is 13.2 Å². The van der Waals surface area contributed by atoms with Crippen LogP contribution in [0.1, 0.15) is 24.0 Å². The van der Waals surface area contributed by atoms with Crippen molar-refractivity contribution < 1.29 is 9.84 Å². The predicted octanol–water partition coefficient (Wildman–Crippen LogP) is 0.510. The molecule has 6 heteroatoms. The van der Waals surface area contributed by atoms with Gasteiger partial charge in [-0.05, 0) is 6.92 Å². The Labute approximate surface area is 86.6 Å². The van der Waals surface area contributed by atoms with Gasteiger partial charge in [-0.2, -0.15) is 0 Å². The summed E-state index contributed by atoms with van der Waals surface area (Å²) in [5.74, 6) is 0. The summed E-state index contributed by atoms with van der Waals surface area (Å²) in [6.45, 7) is 2.65. The van der Waals surface area contributed by atoms with Gasteiger partial charge in [0.2, 0.25) is 0 Å². The average molecular weight is 218 g/mol. The topological polar surface area (TPSA) is 60.2 Å². The van der Waals surface area contributed by atoms with Crippen LogP contribution in [0, 0.1) is 0 Å². The Hall–Kier alpha value is -0.650. The number of nitrogens with zero attached hydrogens (tertiary/aromatic N) is 3. The molecule has 1 aromatic heterocycles. The van der Waals surface area contributed by atoms with Crippen molar-refractivity contribution in [1.29, 1.82) is 0 Å². The van der Waals surface area contributed by atoms with E-state index >= 15 is 0 Å². The Morgan fingerprint density at radius 3 is 3.07 bits per heavy atom. The van der Waals surface area contributed by atoms with Gasteiger partial charge in [0.15, 0.2) is 0 Å². The number of rotatable bonds is 2. The molecule has 1 saturated heterocycles. The smallest absolute Gasteiger partial charge is 0.105 e.